The third-order valence-corrected chi connectivity index (χ3v) is 5.59. The molecular weight excluding hydrogens is 433 g/mol. The van der Waals surface area contributed by atoms with Gasteiger partial charge in [-0.1, -0.05) is 23.2 Å². The zero-order valence-corrected chi connectivity index (χ0v) is 16.8. The fraction of sp³-hybridized carbons (Fsp3) is 0.211. The normalized spacial score (nSPS) is 18.3. The molecule has 0 bridgehead atoms. The zero-order chi connectivity index (χ0) is 21.0. The lowest BCUT2D eigenvalue weighted by Gasteiger charge is -2.15. The molecule has 1 aliphatic carbocycles. The molecule has 3 N–H and O–H groups in total. The zero-order valence-electron chi connectivity index (χ0n) is 15.3. The number of aromatic nitrogens is 2. The van der Waals surface area contributed by atoms with Crippen molar-refractivity contribution in [3.8, 4) is 5.69 Å². The monoisotopic (exact) mass is 447 g/mol. The average Bonchev–Trinajstić information content (AvgIpc) is 3.29. The molecule has 154 valence electrons. The van der Waals surface area contributed by atoms with E-state index in [1.807, 2.05) is 16.8 Å². The van der Waals surface area contributed by atoms with Crippen LogP contribution in [0.25, 0.3) is 16.7 Å². The second kappa shape index (κ2) is 7.05. The van der Waals surface area contributed by atoms with Crippen LogP contribution >= 0.6 is 23.2 Å². The molecule has 3 heterocycles. The van der Waals surface area contributed by atoms with Gasteiger partial charge in [0.2, 0.25) is 0 Å². The topological polar surface area (TPSA) is 106 Å². The molecule has 5 rings (SSSR count). The van der Waals surface area contributed by atoms with Crippen molar-refractivity contribution in [2.45, 2.75) is 25.0 Å². The molecule has 30 heavy (non-hydrogen) atoms. The van der Waals surface area contributed by atoms with Gasteiger partial charge in [-0.05, 0) is 37.1 Å². The highest BCUT2D eigenvalue weighted by molar-refractivity contribution is 6.38. The fourth-order valence-electron chi connectivity index (χ4n) is 3.55. The van der Waals surface area contributed by atoms with Crippen LogP contribution in [0.15, 0.2) is 41.3 Å². The lowest BCUT2D eigenvalue weighted by molar-refractivity contribution is -0.119. The van der Waals surface area contributed by atoms with Crippen LogP contribution in [0.4, 0.5) is 10.5 Å². The molecule has 3 aromatic rings. The summed E-state index contributed by atoms with van der Waals surface area (Å²) in [6, 6.07) is 8.49. The van der Waals surface area contributed by atoms with Gasteiger partial charge in [0.15, 0.2) is 6.17 Å². The first kappa shape index (κ1) is 19.0. The molecule has 1 aliphatic heterocycles. The van der Waals surface area contributed by atoms with Gasteiger partial charge in [0.1, 0.15) is 0 Å². The number of rotatable bonds is 4. The van der Waals surface area contributed by atoms with E-state index in [0.717, 1.165) is 23.9 Å². The maximum absolute atomic E-state index is 12.3. The Morgan fingerprint density at radius 1 is 1.10 bits per heavy atom. The quantitative estimate of drug-likeness (QED) is 0.569. The molecule has 0 radical (unpaired) electrons. The van der Waals surface area contributed by atoms with Crippen molar-refractivity contribution in [2.75, 3.05) is 5.32 Å². The largest absolute Gasteiger partial charge is 0.427 e. The Balaban J connectivity index is 1.50. The Bertz CT molecular complexity index is 1240. The van der Waals surface area contributed by atoms with Crippen LogP contribution in [0.3, 0.4) is 0 Å². The molecular formula is C19H15Cl2N5O4. The predicted molar refractivity (Wildman–Crippen MR) is 111 cm³/mol. The molecule has 1 atom stereocenters. The van der Waals surface area contributed by atoms with E-state index in [4.69, 9.17) is 23.2 Å². The number of hydrogen-bond donors (Lipinski definition) is 3. The number of nitrogens with zero attached hydrogens (tertiary/aromatic N) is 2. The summed E-state index contributed by atoms with van der Waals surface area (Å²) in [5.41, 5.74) is 4.74. The number of nitrogens with one attached hydrogen (secondary N) is 3. The van der Waals surface area contributed by atoms with Gasteiger partial charge >= 0.3 is 6.09 Å². The van der Waals surface area contributed by atoms with Crippen molar-refractivity contribution < 1.29 is 14.4 Å². The lowest BCUT2D eigenvalue weighted by atomic mass is 10.2. The average molecular weight is 448 g/mol. The van der Waals surface area contributed by atoms with Crippen LogP contribution in [0.2, 0.25) is 10.0 Å². The van der Waals surface area contributed by atoms with Gasteiger partial charge < -0.3 is 19.3 Å². The van der Waals surface area contributed by atoms with E-state index in [-0.39, 0.29) is 11.6 Å². The number of benzene rings is 1. The maximum Gasteiger partial charge on any atom is 0.427 e. The fourth-order valence-corrected chi connectivity index (χ4v) is 4.22. The number of amides is 2. The number of anilines is 1. The van der Waals surface area contributed by atoms with Crippen LogP contribution in [0.1, 0.15) is 18.9 Å². The minimum Gasteiger partial charge on any atom is -0.351 e. The van der Waals surface area contributed by atoms with Crippen LogP contribution in [-0.2, 0) is 9.63 Å². The van der Waals surface area contributed by atoms with Gasteiger partial charge in [-0.2, -0.15) is 0 Å². The number of carbonyl (C=O) groups excluding carboxylic acids is 2. The number of fused-ring (bicyclic) bond motifs is 1. The molecule has 1 unspecified atom stereocenters. The molecule has 9 nitrogen and oxygen atoms in total. The predicted octanol–water partition coefficient (Wildman–Crippen LogP) is 2.94. The van der Waals surface area contributed by atoms with Gasteiger partial charge in [0.05, 0.1) is 26.8 Å². The molecule has 2 fully saturated rings. The summed E-state index contributed by atoms with van der Waals surface area (Å²) < 4.78 is 3.61. The Morgan fingerprint density at radius 3 is 2.47 bits per heavy atom. The molecule has 11 heteroatoms. The minimum absolute atomic E-state index is 0.0328. The number of hydroxylamine groups is 1. The molecule has 1 aromatic carbocycles. The van der Waals surface area contributed by atoms with Crippen LogP contribution in [-0.4, -0.2) is 27.3 Å². The standard InChI is InChI=1S/C19H15Cl2N5O4/c20-11-7-9(22-18(28)17-23-19(29)30-24-17)8-12(21)16(11)25-6-5-14-13(25)3-4-15(27)26(14)10-1-2-10/h3-8,10,17,24H,1-2H2,(H,22,28)(H,23,29). The van der Waals surface area contributed by atoms with Gasteiger partial charge in [0.25, 0.3) is 11.5 Å². The van der Waals surface area contributed by atoms with E-state index in [0.29, 0.717) is 21.4 Å². The molecule has 2 amide bonds. The number of hydrogen-bond acceptors (Lipinski definition) is 5. The van der Waals surface area contributed by atoms with E-state index >= 15 is 0 Å². The molecule has 2 aliphatic rings. The number of pyridine rings is 1. The number of carbonyl (C=O) groups is 2. The van der Waals surface area contributed by atoms with Crippen molar-refractivity contribution >= 4 is 51.9 Å². The highest BCUT2D eigenvalue weighted by Gasteiger charge is 2.29. The second-order valence-corrected chi connectivity index (χ2v) is 7.91. The van der Waals surface area contributed by atoms with Gasteiger partial charge in [0, 0.05) is 24.0 Å². The van der Waals surface area contributed by atoms with E-state index in [1.54, 1.807) is 28.8 Å². The van der Waals surface area contributed by atoms with E-state index < -0.39 is 18.2 Å². The highest BCUT2D eigenvalue weighted by Crippen LogP contribution is 2.38. The third kappa shape index (κ3) is 3.20. The molecule has 1 saturated carbocycles. The summed E-state index contributed by atoms with van der Waals surface area (Å²) in [6.45, 7) is 0. The van der Waals surface area contributed by atoms with Crippen LogP contribution in [0.5, 0.6) is 0 Å². The van der Waals surface area contributed by atoms with Gasteiger partial charge in [-0.25, -0.2) is 4.79 Å². The van der Waals surface area contributed by atoms with Crippen LogP contribution < -0.4 is 21.7 Å². The van der Waals surface area contributed by atoms with Crippen molar-refractivity contribution in [3.05, 3.63) is 56.9 Å². The van der Waals surface area contributed by atoms with Crippen molar-refractivity contribution in [1.82, 2.24) is 19.9 Å². The molecule has 2 aromatic heterocycles. The van der Waals surface area contributed by atoms with E-state index in [9.17, 15) is 14.4 Å². The first-order valence-corrected chi connectivity index (χ1v) is 9.94. The SMILES string of the molecule is O=C1NC(C(=O)Nc2cc(Cl)c(-n3ccc4c3ccc(=O)n4C3CC3)c(Cl)c2)NO1. The van der Waals surface area contributed by atoms with Crippen molar-refractivity contribution in [3.63, 3.8) is 0 Å². The summed E-state index contributed by atoms with van der Waals surface area (Å²) in [5.74, 6) is -0.541. The number of halogens is 2. The van der Waals surface area contributed by atoms with E-state index in [1.165, 1.54) is 0 Å². The van der Waals surface area contributed by atoms with Gasteiger partial charge in [-0.15, -0.1) is 5.48 Å². The Hall–Kier alpha value is -3.01. The van der Waals surface area contributed by atoms with Crippen LogP contribution in [0, 0.1) is 0 Å². The third-order valence-electron chi connectivity index (χ3n) is 5.02. The molecule has 0 spiro atoms. The Kier molecular flexibility index (Phi) is 4.46. The minimum atomic E-state index is -1.03. The summed E-state index contributed by atoms with van der Waals surface area (Å²) >= 11 is 13.0. The Labute approximate surface area is 179 Å². The molecule has 1 saturated heterocycles. The highest BCUT2D eigenvalue weighted by atomic mass is 35.5. The first-order valence-electron chi connectivity index (χ1n) is 9.18. The first-order chi connectivity index (χ1) is 14.4. The summed E-state index contributed by atoms with van der Waals surface area (Å²) in [5, 5.41) is 5.52. The van der Waals surface area contributed by atoms with Gasteiger partial charge in [-0.3, -0.25) is 14.9 Å². The second-order valence-electron chi connectivity index (χ2n) is 7.09. The van der Waals surface area contributed by atoms with Crippen molar-refractivity contribution in [2.24, 2.45) is 0 Å². The Morgan fingerprint density at radius 2 is 1.83 bits per heavy atom. The maximum atomic E-state index is 12.3. The van der Waals surface area contributed by atoms with Crippen molar-refractivity contribution in [1.29, 1.82) is 0 Å². The smallest absolute Gasteiger partial charge is 0.351 e. The van der Waals surface area contributed by atoms with E-state index in [2.05, 4.69) is 21.0 Å². The summed E-state index contributed by atoms with van der Waals surface area (Å²) in [7, 11) is 0. The summed E-state index contributed by atoms with van der Waals surface area (Å²) in [6.07, 6.45) is 2.01. The summed E-state index contributed by atoms with van der Waals surface area (Å²) in [4.78, 5) is 40.0. The lowest BCUT2D eigenvalue weighted by Crippen LogP contribution is -2.43.